The number of thiophene rings is 1. The molecule has 2 amide bonds. The second-order valence-corrected chi connectivity index (χ2v) is 8.49. The van der Waals surface area contributed by atoms with E-state index in [1.54, 1.807) is 18.2 Å². The maximum Gasteiger partial charge on any atom is 0.263 e. The minimum atomic E-state index is -0.664. The quantitative estimate of drug-likeness (QED) is 0.672. The number of anilines is 1. The zero-order chi connectivity index (χ0) is 20.0. The molecule has 2 aromatic carbocycles. The van der Waals surface area contributed by atoms with E-state index in [1.165, 1.54) is 17.4 Å². The van der Waals surface area contributed by atoms with Crippen LogP contribution in [-0.4, -0.2) is 29.8 Å². The van der Waals surface area contributed by atoms with E-state index < -0.39 is 5.41 Å². The minimum Gasteiger partial charge on any atom is -0.338 e. The Morgan fingerprint density at radius 3 is 2.59 bits per heavy atom. The van der Waals surface area contributed by atoms with Crippen LogP contribution in [0.3, 0.4) is 0 Å². The molecule has 1 fully saturated rings. The van der Waals surface area contributed by atoms with E-state index in [0.29, 0.717) is 31.5 Å². The van der Waals surface area contributed by atoms with Crippen LogP contribution >= 0.6 is 11.3 Å². The number of halogens is 1. The highest BCUT2D eigenvalue weighted by Crippen LogP contribution is 2.46. The third-order valence-electron chi connectivity index (χ3n) is 6.04. The Bertz CT molecular complexity index is 1100. The van der Waals surface area contributed by atoms with Gasteiger partial charge in [0.2, 0.25) is 5.91 Å². The molecule has 0 unspecified atom stereocenters. The summed E-state index contributed by atoms with van der Waals surface area (Å²) in [5.74, 6) is -0.287. The van der Waals surface area contributed by atoms with Crippen LogP contribution < -0.4 is 5.32 Å². The molecule has 1 spiro atoms. The summed E-state index contributed by atoms with van der Waals surface area (Å²) < 4.78 is 14.3. The van der Waals surface area contributed by atoms with Gasteiger partial charge >= 0.3 is 0 Å². The number of piperidine rings is 1. The van der Waals surface area contributed by atoms with Crippen molar-refractivity contribution >= 4 is 28.8 Å². The van der Waals surface area contributed by atoms with Crippen LogP contribution in [0.25, 0.3) is 11.1 Å². The number of hydrogen-bond acceptors (Lipinski definition) is 3. The molecule has 29 heavy (non-hydrogen) atoms. The highest BCUT2D eigenvalue weighted by molar-refractivity contribution is 7.12. The number of carbonyl (C=O) groups excluding carboxylic acids is 2. The summed E-state index contributed by atoms with van der Waals surface area (Å²) in [4.78, 5) is 28.1. The van der Waals surface area contributed by atoms with Crippen molar-refractivity contribution in [1.29, 1.82) is 0 Å². The van der Waals surface area contributed by atoms with Crippen LogP contribution in [0.2, 0.25) is 0 Å². The first-order valence-corrected chi connectivity index (χ1v) is 10.5. The van der Waals surface area contributed by atoms with Crippen molar-refractivity contribution < 1.29 is 14.0 Å². The molecule has 0 bridgehead atoms. The molecule has 3 heterocycles. The standard InChI is InChI=1S/C23H19FN2O2S/c24-18-5-2-1-4-16(18)15-7-8-19-17(14-15)23(22(28)25-19)9-11-26(12-10-23)21(27)20-6-3-13-29-20/h1-8,13-14H,9-12H2,(H,25,28). The molecule has 6 heteroatoms. The average molecular weight is 406 g/mol. The van der Waals surface area contributed by atoms with Gasteiger partial charge in [-0.3, -0.25) is 9.59 Å². The lowest BCUT2D eigenvalue weighted by atomic mass is 9.73. The molecule has 1 N–H and O–H groups in total. The van der Waals surface area contributed by atoms with Crippen molar-refractivity contribution in [3.05, 3.63) is 76.2 Å². The number of nitrogens with zero attached hydrogens (tertiary/aromatic N) is 1. The number of carbonyl (C=O) groups is 2. The van der Waals surface area contributed by atoms with Crippen LogP contribution in [0.5, 0.6) is 0 Å². The fourth-order valence-corrected chi connectivity index (χ4v) is 5.11. The molecule has 0 radical (unpaired) electrons. The average Bonchev–Trinajstić information content (AvgIpc) is 3.36. The zero-order valence-corrected chi connectivity index (χ0v) is 16.5. The second-order valence-electron chi connectivity index (χ2n) is 7.55. The van der Waals surface area contributed by atoms with Gasteiger partial charge in [-0.05, 0) is 53.6 Å². The topological polar surface area (TPSA) is 49.4 Å². The molecule has 1 saturated heterocycles. The van der Waals surface area contributed by atoms with Crippen LogP contribution in [-0.2, 0) is 10.2 Å². The van der Waals surface area contributed by atoms with Gasteiger partial charge in [0.25, 0.3) is 5.91 Å². The molecule has 3 aromatic rings. The summed E-state index contributed by atoms with van der Waals surface area (Å²) in [6.07, 6.45) is 1.12. The Hall–Kier alpha value is -2.99. The number of fused-ring (bicyclic) bond motifs is 2. The molecule has 2 aliphatic rings. The largest absolute Gasteiger partial charge is 0.338 e. The Labute approximate surface area is 172 Å². The van der Waals surface area contributed by atoms with Gasteiger partial charge in [-0.2, -0.15) is 0 Å². The van der Waals surface area contributed by atoms with Gasteiger partial charge in [-0.15, -0.1) is 11.3 Å². The molecular formula is C23H19FN2O2S. The van der Waals surface area contributed by atoms with Gasteiger partial charge in [-0.25, -0.2) is 4.39 Å². The molecule has 2 aliphatic heterocycles. The van der Waals surface area contributed by atoms with E-state index in [9.17, 15) is 14.0 Å². The normalized spacial score (nSPS) is 17.3. The lowest BCUT2D eigenvalue weighted by molar-refractivity contribution is -0.122. The van der Waals surface area contributed by atoms with Gasteiger partial charge in [0.1, 0.15) is 5.82 Å². The first kappa shape index (κ1) is 18.1. The molecule has 0 atom stereocenters. The maximum absolute atomic E-state index is 14.3. The zero-order valence-electron chi connectivity index (χ0n) is 15.7. The van der Waals surface area contributed by atoms with Gasteiger partial charge < -0.3 is 10.2 Å². The smallest absolute Gasteiger partial charge is 0.263 e. The Morgan fingerprint density at radius 1 is 1.07 bits per heavy atom. The fourth-order valence-electron chi connectivity index (χ4n) is 4.42. The number of hydrogen-bond donors (Lipinski definition) is 1. The molecule has 4 nitrogen and oxygen atoms in total. The van der Waals surface area contributed by atoms with Crippen LogP contribution in [0.1, 0.15) is 28.1 Å². The van der Waals surface area contributed by atoms with E-state index >= 15 is 0 Å². The van der Waals surface area contributed by atoms with E-state index in [-0.39, 0.29) is 17.6 Å². The first-order chi connectivity index (χ1) is 14.1. The van der Waals surface area contributed by atoms with Crippen molar-refractivity contribution in [2.24, 2.45) is 0 Å². The predicted molar refractivity (Wildman–Crippen MR) is 112 cm³/mol. The molecular weight excluding hydrogens is 387 g/mol. The lowest BCUT2D eigenvalue weighted by Gasteiger charge is -2.38. The Kier molecular flexibility index (Phi) is 4.24. The summed E-state index contributed by atoms with van der Waals surface area (Å²) in [7, 11) is 0. The summed E-state index contributed by atoms with van der Waals surface area (Å²) in [6.45, 7) is 1.04. The third-order valence-corrected chi connectivity index (χ3v) is 6.90. The fraction of sp³-hybridized carbons (Fsp3) is 0.217. The van der Waals surface area contributed by atoms with E-state index in [4.69, 9.17) is 0 Å². The first-order valence-electron chi connectivity index (χ1n) is 9.62. The summed E-state index contributed by atoms with van der Waals surface area (Å²) in [5.41, 5.74) is 2.31. The molecule has 0 saturated carbocycles. The highest BCUT2D eigenvalue weighted by atomic mass is 32.1. The molecule has 146 valence electrons. The van der Waals surface area contributed by atoms with Crippen molar-refractivity contribution in [2.45, 2.75) is 18.3 Å². The molecule has 5 rings (SSSR count). The number of amides is 2. The van der Waals surface area contributed by atoms with Gasteiger partial charge in [0.05, 0.1) is 10.3 Å². The van der Waals surface area contributed by atoms with Gasteiger partial charge in [-0.1, -0.05) is 30.3 Å². The Morgan fingerprint density at radius 2 is 1.86 bits per heavy atom. The lowest BCUT2D eigenvalue weighted by Crippen LogP contribution is -2.48. The second kappa shape index (κ2) is 6.81. The van der Waals surface area contributed by atoms with Crippen LogP contribution in [0, 0.1) is 5.82 Å². The van der Waals surface area contributed by atoms with Crippen molar-refractivity contribution in [3.63, 3.8) is 0 Å². The van der Waals surface area contributed by atoms with E-state index in [1.807, 2.05) is 40.6 Å². The maximum atomic E-state index is 14.3. The monoisotopic (exact) mass is 406 g/mol. The SMILES string of the molecule is O=C(c1cccs1)N1CCC2(CC1)C(=O)Nc1ccc(-c3ccccc3F)cc12. The minimum absolute atomic E-state index is 0.0218. The van der Waals surface area contributed by atoms with Crippen molar-refractivity contribution in [3.8, 4) is 11.1 Å². The van der Waals surface area contributed by atoms with Gasteiger partial charge in [0, 0.05) is 24.3 Å². The Balaban J connectivity index is 1.46. The summed E-state index contributed by atoms with van der Waals surface area (Å²) in [5, 5.41) is 4.88. The summed E-state index contributed by atoms with van der Waals surface area (Å²) in [6, 6.07) is 16.0. The molecule has 1 aromatic heterocycles. The van der Waals surface area contributed by atoms with Crippen LogP contribution in [0.4, 0.5) is 10.1 Å². The van der Waals surface area contributed by atoms with Crippen molar-refractivity contribution in [2.75, 3.05) is 18.4 Å². The van der Waals surface area contributed by atoms with E-state index in [2.05, 4.69) is 5.32 Å². The predicted octanol–water partition coefficient (Wildman–Crippen LogP) is 4.68. The number of rotatable bonds is 2. The molecule has 0 aliphatic carbocycles. The summed E-state index contributed by atoms with van der Waals surface area (Å²) >= 11 is 1.43. The highest BCUT2D eigenvalue weighted by Gasteiger charge is 2.49. The van der Waals surface area contributed by atoms with Gasteiger partial charge in [0.15, 0.2) is 0 Å². The number of nitrogens with one attached hydrogen (secondary N) is 1. The van der Waals surface area contributed by atoms with Crippen molar-refractivity contribution in [1.82, 2.24) is 4.90 Å². The number of benzene rings is 2. The number of likely N-dealkylation sites (tertiary alicyclic amines) is 1. The third kappa shape index (κ3) is 2.86. The van der Waals surface area contributed by atoms with E-state index in [0.717, 1.165) is 21.7 Å². The van der Waals surface area contributed by atoms with Crippen LogP contribution in [0.15, 0.2) is 60.0 Å².